The van der Waals surface area contributed by atoms with Crippen LogP contribution < -0.4 is 4.74 Å². The van der Waals surface area contributed by atoms with E-state index in [0.29, 0.717) is 12.8 Å². The van der Waals surface area contributed by atoms with E-state index in [-0.39, 0.29) is 5.78 Å². The Kier molecular flexibility index (Phi) is 3.88. The first-order valence-corrected chi connectivity index (χ1v) is 6.18. The number of hydrogen-bond acceptors (Lipinski definition) is 4. The molecule has 0 aliphatic rings. The Morgan fingerprint density at radius 2 is 2.06 bits per heavy atom. The van der Waals surface area contributed by atoms with Crippen molar-refractivity contribution in [1.29, 1.82) is 0 Å². The molecule has 2 aromatic rings. The highest BCUT2D eigenvalue weighted by molar-refractivity contribution is 7.09. The number of carbonyl (C=O) groups excluding carboxylic acids is 1. The van der Waals surface area contributed by atoms with Crippen LogP contribution in [0, 0.1) is 0 Å². The smallest absolute Gasteiger partial charge is 0.142 e. The lowest BCUT2D eigenvalue weighted by Gasteiger charge is -2.02. The minimum absolute atomic E-state index is 0.208. The van der Waals surface area contributed by atoms with Gasteiger partial charge in [-0.15, -0.1) is 11.3 Å². The molecule has 0 atom stereocenters. The van der Waals surface area contributed by atoms with Crippen LogP contribution in [-0.4, -0.2) is 17.9 Å². The fourth-order valence-electron chi connectivity index (χ4n) is 1.56. The third kappa shape index (κ3) is 3.39. The Balaban J connectivity index is 1.93. The fourth-order valence-corrected chi connectivity index (χ4v) is 2.18. The molecule has 1 aromatic carbocycles. The maximum absolute atomic E-state index is 11.8. The Morgan fingerprint density at radius 1 is 1.29 bits per heavy atom. The molecule has 0 radical (unpaired) electrons. The molecule has 4 heteroatoms. The van der Waals surface area contributed by atoms with E-state index < -0.39 is 0 Å². The fraction of sp³-hybridized carbons (Fsp3) is 0.231. The van der Waals surface area contributed by atoms with Gasteiger partial charge in [0.05, 0.1) is 12.6 Å². The third-order valence-electron chi connectivity index (χ3n) is 2.42. The maximum Gasteiger partial charge on any atom is 0.142 e. The highest BCUT2D eigenvalue weighted by Gasteiger charge is 2.06. The first-order valence-electron chi connectivity index (χ1n) is 5.30. The summed E-state index contributed by atoms with van der Waals surface area (Å²) in [4.78, 5) is 16.8. The molecular weight excluding hydrogens is 234 g/mol. The summed E-state index contributed by atoms with van der Waals surface area (Å²) in [6, 6.07) is 7.58. The summed E-state index contributed by atoms with van der Waals surface area (Å²) in [5, 5.41) is 0. The highest BCUT2D eigenvalue weighted by atomic mass is 32.1. The summed E-state index contributed by atoms with van der Waals surface area (Å²) >= 11 is 1.52. The molecule has 2 rings (SSSR count). The van der Waals surface area contributed by atoms with Crippen LogP contribution >= 0.6 is 11.3 Å². The zero-order valence-corrected chi connectivity index (χ0v) is 10.4. The average molecular weight is 247 g/mol. The van der Waals surface area contributed by atoms with Crippen LogP contribution in [0.1, 0.15) is 10.4 Å². The number of rotatable bonds is 5. The molecule has 0 spiro atoms. The van der Waals surface area contributed by atoms with Crippen molar-refractivity contribution in [2.24, 2.45) is 0 Å². The van der Waals surface area contributed by atoms with E-state index in [1.165, 1.54) is 11.3 Å². The average Bonchev–Trinajstić information content (AvgIpc) is 2.82. The minimum Gasteiger partial charge on any atom is -0.497 e. The van der Waals surface area contributed by atoms with E-state index in [9.17, 15) is 4.79 Å². The van der Waals surface area contributed by atoms with Gasteiger partial charge in [-0.25, -0.2) is 0 Å². The Hall–Kier alpha value is -1.68. The number of hydrogen-bond donors (Lipinski definition) is 0. The number of nitrogens with zero attached hydrogens (tertiary/aromatic N) is 1. The molecule has 88 valence electrons. The molecule has 0 aliphatic carbocycles. The summed E-state index contributed by atoms with van der Waals surface area (Å²) in [7, 11) is 1.63. The molecule has 0 saturated heterocycles. The predicted octanol–water partition coefficient (Wildman–Crippen LogP) is 2.51. The minimum atomic E-state index is 0.208. The molecule has 0 fully saturated rings. The van der Waals surface area contributed by atoms with E-state index in [1.54, 1.807) is 18.8 Å². The predicted molar refractivity (Wildman–Crippen MR) is 67.5 cm³/mol. The quantitative estimate of drug-likeness (QED) is 0.815. The van der Waals surface area contributed by atoms with Gasteiger partial charge in [-0.1, -0.05) is 12.1 Å². The van der Waals surface area contributed by atoms with Crippen molar-refractivity contribution in [2.45, 2.75) is 12.8 Å². The molecule has 0 saturated carbocycles. The van der Waals surface area contributed by atoms with Gasteiger partial charge in [0, 0.05) is 23.9 Å². The van der Waals surface area contributed by atoms with Crippen molar-refractivity contribution in [2.75, 3.05) is 7.11 Å². The number of ketones is 1. The molecule has 1 heterocycles. The topological polar surface area (TPSA) is 39.2 Å². The molecule has 0 unspecified atom stereocenters. The lowest BCUT2D eigenvalue weighted by Crippen LogP contribution is -2.05. The first kappa shape index (κ1) is 11.8. The largest absolute Gasteiger partial charge is 0.497 e. The van der Waals surface area contributed by atoms with Gasteiger partial charge in [-0.2, -0.15) is 0 Å². The molecule has 0 bridgehead atoms. The third-order valence-corrected chi connectivity index (χ3v) is 3.19. The second-order valence-electron chi connectivity index (χ2n) is 3.71. The Labute approximate surface area is 104 Å². The van der Waals surface area contributed by atoms with E-state index in [4.69, 9.17) is 4.74 Å². The number of benzene rings is 1. The number of ether oxygens (including phenoxy) is 1. The van der Waals surface area contributed by atoms with Crippen LogP contribution in [0.3, 0.4) is 0 Å². The summed E-state index contributed by atoms with van der Waals surface area (Å²) in [6.07, 6.45) is 2.68. The van der Waals surface area contributed by atoms with Crippen molar-refractivity contribution >= 4 is 17.1 Å². The van der Waals surface area contributed by atoms with Gasteiger partial charge < -0.3 is 4.74 Å². The van der Waals surface area contributed by atoms with Crippen molar-refractivity contribution < 1.29 is 9.53 Å². The van der Waals surface area contributed by atoms with E-state index in [2.05, 4.69) is 4.98 Å². The monoisotopic (exact) mass is 247 g/mol. The number of carbonyl (C=O) groups is 1. The van der Waals surface area contributed by atoms with Crippen LogP contribution in [0.15, 0.2) is 36.0 Å². The standard InChI is InChI=1S/C13H13NO2S/c1-16-12-4-2-10(3-5-12)6-11(15)7-13-8-14-9-17-13/h2-5,8-9H,6-7H2,1H3. The zero-order chi connectivity index (χ0) is 12.1. The second kappa shape index (κ2) is 5.59. The summed E-state index contributed by atoms with van der Waals surface area (Å²) in [5.74, 6) is 1.02. The van der Waals surface area contributed by atoms with E-state index in [1.807, 2.05) is 24.3 Å². The summed E-state index contributed by atoms with van der Waals surface area (Å²) in [5.41, 5.74) is 2.76. The van der Waals surface area contributed by atoms with Gasteiger partial charge >= 0.3 is 0 Å². The number of methoxy groups -OCH3 is 1. The normalized spacial score (nSPS) is 10.2. The van der Waals surface area contributed by atoms with Gasteiger partial charge in [0.15, 0.2) is 0 Å². The van der Waals surface area contributed by atoms with Crippen LogP contribution in [-0.2, 0) is 17.6 Å². The van der Waals surface area contributed by atoms with Gasteiger partial charge in [0.1, 0.15) is 11.5 Å². The Morgan fingerprint density at radius 3 is 2.65 bits per heavy atom. The van der Waals surface area contributed by atoms with Gasteiger partial charge in [0.2, 0.25) is 0 Å². The first-order chi connectivity index (χ1) is 8.28. The molecule has 0 amide bonds. The molecule has 1 aromatic heterocycles. The van der Waals surface area contributed by atoms with Crippen molar-refractivity contribution in [1.82, 2.24) is 4.98 Å². The van der Waals surface area contributed by atoms with Gasteiger partial charge in [0.25, 0.3) is 0 Å². The van der Waals surface area contributed by atoms with Crippen LogP contribution in [0.2, 0.25) is 0 Å². The lowest BCUT2D eigenvalue weighted by molar-refractivity contribution is -0.117. The van der Waals surface area contributed by atoms with Crippen molar-refractivity contribution in [3.63, 3.8) is 0 Å². The van der Waals surface area contributed by atoms with E-state index >= 15 is 0 Å². The van der Waals surface area contributed by atoms with Gasteiger partial charge in [-0.3, -0.25) is 9.78 Å². The molecule has 3 nitrogen and oxygen atoms in total. The van der Waals surface area contributed by atoms with Crippen LogP contribution in [0.25, 0.3) is 0 Å². The molecule has 0 N–H and O–H groups in total. The lowest BCUT2D eigenvalue weighted by atomic mass is 10.1. The van der Waals surface area contributed by atoms with Crippen LogP contribution in [0.5, 0.6) is 5.75 Å². The summed E-state index contributed by atoms with van der Waals surface area (Å²) in [6.45, 7) is 0. The molecule has 17 heavy (non-hydrogen) atoms. The number of Topliss-reactive ketones (excluding diaryl/α,β-unsaturated/α-hetero) is 1. The van der Waals surface area contributed by atoms with Crippen molar-refractivity contribution in [3.05, 3.63) is 46.4 Å². The molecular formula is C13H13NO2S. The number of thiazole rings is 1. The number of aromatic nitrogens is 1. The highest BCUT2D eigenvalue weighted by Crippen LogP contribution is 2.13. The Bertz CT molecular complexity index is 477. The summed E-state index contributed by atoms with van der Waals surface area (Å²) < 4.78 is 5.07. The molecule has 0 aliphatic heterocycles. The van der Waals surface area contributed by atoms with Crippen LogP contribution in [0.4, 0.5) is 0 Å². The second-order valence-corrected chi connectivity index (χ2v) is 4.68. The van der Waals surface area contributed by atoms with E-state index in [0.717, 1.165) is 16.2 Å². The zero-order valence-electron chi connectivity index (χ0n) is 9.55. The van der Waals surface area contributed by atoms with Gasteiger partial charge in [-0.05, 0) is 17.7 Å². The SMILES string of the molecule is COc1ccc(CC(=O)Cc2cncs2)cc1. The van der Waals surface area contributed by atoms with Crippen molar-refractivity contribution in [3.8, 4) is 5.75 Å². The maximum atomic E-state index is 11.8.